The molecule has 2 nitrogen and oxygen atoms in total. The van der Waals surface area contributed by atoms with Crippen LogP contribution in [0.25, 0.3) is 0 Å². The van der Waals surface area contributed by atoms with Crippen molar-refractivity contribution in [3.8, 4) is 0 Å². The molecule has 0 spiro atoms. The van der Waals surface area contributed by atoms with Gasteiger partial charge in [0.1, 0.15) is 5.38 Å². The van der Waals surface area contributed by atoms with E-state index in [1.54, 1.807) is 0 Å². The van der Waals surface area contributed by atoms with E-state index >= 15 is 0 Å². The number of rotatable bonds is 2. The lowest BCUT2D eigenvalue weighted by Gasteiger charge is -2.26. The Morgan fingerprint density at radius 1 is 1.32 bits per heavy atom. The van der Waals surface area contributed by atoms with E-state index in [4.69, 9.17) is 11.6 Å². The summed E-state index contributed by atoms with van der Waals surface area (Å²) in [6.45, 7) is 3.42. The van der Waals surface area contributed by atoms with E-state index in [1.165, 1.54) is 0 Å². The molecule has 1 aliphatic rings. The highest BCUT2D eigenvalue weighted by Crippen LogP contribution is 2.19. The van der Waals surface area contributed by atoms with Crippen LogP contribution in [0.4, 0.5) is 0 Å². The van der Waals surface area contributed by atoms with Gasteiger partial charge < -0.3 is 4.90 Å². The summed E-state index contributed by atoms with van der Waals surface area (Å²) in [5, 5.41) is -0.460. The lowest BCUT2D eigenvalue weighted by atomic mass is 10.1. The summed E-state index contributed by atoms with van der Waals surface area (Å²) in [4.78, 5) is 14.3. The van der Waals surface area contributed by atoms with Gasteiger partial charge in [-0.05, 0) is 24.3 Å². The van der Waals surface area contributed by atoms with Gasteiger partial charge in [0.25, 0.3) is 0 Å². The van der Waals surface area contributed by atoms with Gasteiger partial charge in [-0.15, -0.1) is 11.6 Å². The second kappa shape index (κ2) is 6.76. The zero-order chi connectivity index (χ0) is 13.7. The smallest absolute Gasteiger partial charge is 0.241 e. The topological polar surface area (TPSA) is 20.3 Å². The fourth-order valence-corrected chi connectivity index (χ4v) is 2.50. The summed E-state index contributed by atoms with van der Waals surface area (Å²) in [7, 11) is 0. The lowest BCUT2D eigenvalue weighted by molar-refractivity contribution is -0.132. The molecule has 19 heavy (non-hydrogen) atoms. The molecule has 0 N–H and O–H groups in total. The quantitative estimate of drug-likeness (QED) is 0.597. The minimum Gasteiger partial charge on any atom is -0.337 e. The van der Waals surface area contributed by atoms with Gasteiger partial charge in [0, 0.05) is 13.1 Å². The molecular weight excluding hydrogens is 258 g/mol. The van der Waals surface area contributed by atoms with Crippen molar-refractivity contribution in [1.29, 1.82) is 0 Å². The molecule has 0 aromatic heterocycles. The lowest BCUT2D eigenvalue weighted by Crippen LogP contribution is -2.39. The van der Waals surface area contributed by atoms with Crippen molar-refractivity contribution in [3.05, 3.63) is 48.0 Å². The number of benzene rings is 1. The van der Waals surface area contributed by atoms with E-state index in [0.717, 1.165) is 24.9 Å². The molecule has 1 aliphatic heterocycles. The zero-order valence-corrected chi connectivity index (χ0v) is 12.0. The fraction of sp³-hybridized carbons (Fsp3) is 0.438. The first kappa shape index (κ1) is 14.1. The highest BCUT2D eigenvalue weighted by atomic mass is 35.5. The van der Waals surface area contributed by atoms with Gasteiger partial charge in [0.15, 0.2) is 0 Å². The van der Waals surface area contributed by atoms with Crippen molar-refractivity contribution in [2.45, 2.75) is 31.7 Å². The van der Waals surface area contributed by atoms with Gasteiger partial charge >= 0.3 is 0 Å². The number of amides is 1. The van der Waals surface area contributed by atoms with Gasteiger partial charge in [-0.25, -0.2) is 0 Å². The number of carbonyl (C=O) groups excluding carboxylic acids is 1. The highest BCUT2D eigenvalue weighted by Gasteiger charge is 2.26. The molecular formula is C16H20ClNO. The number of halogens is 1. The summed E-state index contributed by atoms with van der Waals surface area (Å²) in [6, 6.07) is 10.1. The Morgan fingerprint density at radius 3 is 2.79 bits per heavy atom. The molecule has 3 heteroatoms. The summed E-state index contributed by atoms with van der Waals surface area (Å²) in [6.07, 6.45) is 6.19. The maximum absolute atomic E-state index is 12.4. The standard InChI is InChI=1S/C16H20ClNO/c1-13-8-4-3-7-11-18(16(19)15(13)17)12-14-9-5-2-6-10-14/h2,4-6,8-10,13,15H,3,7,11-12H2,1H3/b8-4+/t13-,15-/m0/s1. The van der Waals surface area contributed by atoms with Gasteiger partial charge in [-0.3, -0.25) is 4.79 Å². The summed E-state index contributed by atoms with van der Waals surface area (Å²) < 4.78 is 0. The molecule has 0 bridgehead atoms. The second-order valence-electron chi connectivity index (χ2n) is 5.08. The Morgan fingerprint density at radius 2 is 2.05 bits per heavy atom. The molecule has 0 aliphatic carbocycles. The van der Waals surface area contributed by atoms with Crippen LogP contribution < -0.4 is 0 Å². The van der Waals surface area contributed by atoms with E-state index in [0.29, 0.717) is 6.54 Å². The van der Waals surface area contributed by atoms with Crippen molar-refractivity contribution >= 4 is 17.5 Å². The van der Waals surface area contributed by atoms with Gasteiger partial charge in [-0.1, -0.05) is 49.4 Å². The number of allylic oxidation sites excluding steroid dienone is 2. The number of alkyl halides is 1. The van der Waals surface area contributed by atoms with Crippen LogP contribution in [-0.4, -0.2) is 22.7 Å². The molecule has 0 fully saturated rings. The Kier molecular flexibility index (Phi) is 5.03. The Labute approximate surface area is 120 Å². The SMILES string of the molecule is C[C@H]1/C=C/CCCN(Cc2ccccc2)C(=O)[C@H]1Cl. The molecule has 2 rings (SSSR count). The van der Waals surface area contributed by atoms with E-state index in [-0.39, 0.29) is 11.8 Å². The molecule has 0 unspecified atom stereocenters. The van der Waals surface area contributed by atoms with Crippen LogP contribution >= 0.6 is 11.6 Å². The molecule has 0 radical (unpaired) electrons. The first-order chi connectivity index (χ1) is 9.18. The van der Waals surface area contributed by atoms with Crippen LogP contribution in [0.2, 0.25) is 0 Å². The van der Waals surface area contributed by atoms with Crippen LogP contribution in [0.3, 0.4) is 0 Å². The maximum atomic E-state index is 12.4. The molecule has 0 saturated carbocycles. The molecule has 0 saturated heterocycles. The van der Waals surface area contributed by atoms with Crippen molar-refractivity contribution < 1.29 is 4.79 Å². The number of nitrogens with zero attached hydrogens (tertiary/aromatic N) is 1. The van der Waals surface area contributed by atoms with Gasteiger partial charge in [-0.2, -0.15) is 0 Å². The summed E-state index contributed by atoms with van der Waals surface area (Å²) >= 11 is 6.29. The monoisotopic (exact) mass is 277 g/mol. The third kappa shape index (κ3) is 3.84. The van der Waals surface area contributed by atoms with Gasteiger partial charge in [0.05, 0.1) is 0 Å². The van der Waals surface area contributed by atoms with Crippen molar-refractivity contribution in [2.75, 3.05) is 6.54 Å². The third-order valence-corrected chi connectivity index (χ3v) is 4.05. The zero-order valence-electron chi connectivity index (χ0n) is 11.3. The average molecular weight is 278 g/mol. The molecule has 102 valence electrons. The highest BCUT2D eigenvalue weighted by molar-refractivity contribution is 6.31. The molecule has 1 heterocycles. The van der Waals surface area contributed by atoms with Crippen LogP contribution in [0, 0.1) is 5.92 Å². The van der Waals surface area contributed by atoms with Crippen LogP contribution in [0.1, 0.15) is 25.3 Å². The van der Waals surface area contributed by atoms with Crippen molar-refractivity contribution in [3.63, 3.8) is 0 Å². The van der Waals surface area contributed by atoms with E-state index in [9.17, 15) is 4.79 Å². The largest absolute Gasteiger partial charge is 0.337 e. The first-order valence-corrected chi connectivity index (χ1v) is 7.25. The van der Waals surface area contributed by atoms with Crippen LogP contribution in [0.5, 0.6) is 0 Å². The minimum absolute atomic E-state index is 0.0459. The third-order valence-electron chi connectivity index (χ3n) is 3.46. The van der Waals surface area contributed by atoms with Crippen LogP contribution in [-0.2, 0) is 11.3 Å². The van der Waals surface area contributed by atoms with E-state index in [1.807, 2.05) is 42.2 Å². The Hall–Kier alpha value is -1.28. The average Bonchev–Trinajstić information content (AvgIpc) is 2.49. The van der Waals surface area contributed by atoms with Crippen molar-refractivity contribution in [1.82, 2.24) is 4.90 Å². The van der Waals surface area contributed by atoms with E-state index < -0.39 is 5.38 Å². The predicted molar refractivity (Wildman–Crippen MR) is 79.0 cm³/mol. The van der Waals surface area contributed by atoms with Crippen molar-refractivity contribution in [2.24, 2.45) is 5.92 Å². The second-order valence-corrected chi connectivity index (χ2v) is 5.55. The number of hydrogen-bond acceptors (Lipinski definition) is 1. The number of carbonyl (C=O) groups is 1. The maximum Gasteiger partial charge on any atom is 0.241 e. The Balaban J connectivity index is 2.11. The molecule has 2 atom stereocenters. The molecule has 1 aromatic rings. The first-order valence-electron chi connectivity index (χ1n) is 6.82. The van der Waals surface area contributed by atoms with E-state index in [2.05, 4.69) is 12.2 Å². The van der Waals surface area contributed by atoms with Crippen LogP contribution in [0.15, 0.2) is 42.5 Å². The van der Waals surface area contributed by atoms with Gasteiger partial charge in [0.2, 0.25) is 5.91 Å². The summed E-state index contributed by atoms with van der Waals surface area (Å²) in [5.74, 6) is 0.134. The number of hydrogen-bond donors (Lipinski definition) is 0. The predicted octanol–water partition coefficient (Wildman–Crippen LogP) is 3.61. The minimum atomic E-state index is -0.460. The molecule has 1 amide bonds. The Bertz CT molecular complexity index is 443. The molecule has 1 aromatic carbocycles. The summed E-state index contributed by atoms with van der Waals surface area (Å²) in [5.41, 5.74) is 1.15. The normalized spacial score (nSPS) is 26.4. The fourth-order valence-electron chi connectivity index (χ4n) is 2.28.